The molecule has 4 rings (SSSR count). The molecule has 1 fully saturated rings. The molecule has 1 saturated carbocycles. The van der Waals surface area contributed by atoms with Crippen LogP contribution in [0.5, 0.6) is 0 Å². The van der Waals surface area contributed by atoms with Crippen molar-refractivity contribution in [3.05, 3.63) is 52.8 Å². The normalized spacial score (nSPS) is 15.7. The van der Waals surface area contributed by atoms with E-state index < -0.39 is 0 Å². The van der Waals surface area contributed by atoms with E-state index in [9.17, 15) is 9.59 Å². The number of benzene rings is 1. The first kappa shape index (κ1) is 19.5. The average Bonchev–Trinajstić information content (AvgIpc) is 3.49. The van der Waals surface area contributed by atoms with Gasteiger partial charge in [0.1, 0.15) is 0 Å². The van der Waals surface area contributed by atoms with Crippen molar-refractivity contribution < 1.29 is 9.59 Å². The van der Waals surface area contributed by atoms with Crippen molar-refractivity contribution in [3.63, 3.8) is 0 Å². The van der Waals surface area contributed by atoms with Crippen LogP contribution in [0.2, 0.25) is 0 Å². The van der Waals surface area contributed by atoms with Crippen molar-refractivity contribution in [2.24, 2.45) is 7.05 Å². The molecule has 2 N–H and O–H groups in total. The number of fused-ring (bicyclic) bond motifs is 1. The maximum atomic E-state index is 12.6. The van der Waals surface area contributed by atoms with E-state index in [2.05, 4.69) is 27.9 Å². The van der Waals surface area contributed by atoms with Gasteiger partial charge in [0.05, 0.1) is 12.2 Å². The smallest absolute Gasteiger partial charge is 0.317 e. The Hall–Kier alpha value is -2.83. The molecule has 3 amide bonds. The molecule has 2 aromatic rings. The number of nitrogens with zero attached hydrogens (tertiary/aromatic N) is 3. The first-order chi connectivity index (χ1) is 14.1. The highest BCUT2D eigenvalue weighted by Gasteiger charge is 2.27. The molecule has 0 spiro atoms. The van der Waals surface area contributed by atoms with Crippen molar-refractivity contribution in [2.75, 3.05) is 13.1 Å². The van der Waals surface area contributed by atoms with Crippen molar-refractivity contribution >= 4 is 11.9 Å². The van der Waals surface area contributed by atoms with E-state index in [1.165, 1.54) is 11.3 Å². The van der Waals surface area contributed by atoms with E-state index in [0.717, 1.165) is 36.9 Å². The van der Waals surface area contributed by atoms with Crippen LogP contribution in [0.3, 0.4) is 0 Å². The van der Waals surface area contributed by atoms with E-state index in [4.69, 9.17) is 0 Å². The number of hydrogen-bond donors (Lipinski definition) is 2. The third-order valence-corrected chi connectivity index (χ3v) is 5.68. The van der Waals surface area contributed by atoms with Gasteiger partial charge in [-0.1, -0.05) is 30.3 Å². The fourth-order valence-electron chi connectivity index (χ4n) is 3.87. The minimum absolute atomic E-state index is 0.0344. The fraction of sp³-hybridized carbons (Fsp3) is 0.500. The molecule has 1 aromatic heterocycles. The van der Waals surface area contributed by atoms with E-state index in [0.29, 0.717) is 38.5 Å². The van der Waals surface area contributed by atoms with Gasteiger partial charge in [-0.05, 0) is 24.8 Å². The minimum atomic E-state index is -0.0344. The second-order valence-corrected chi connectivity index (χ2v) is 7.98. The molecule has 0 saturated heterocycles. The zero-order valence-corrected chi connectivity index (χ0v) is 17.0. The highest BCUT2D eigenvalue weighted by atomic mass is 16.2. The van der Waals surface area contributed by atoms with E-state index >= 15 is 0 Å². The van der Waals surface area contributed by atoms with Gasteiger partial charge < -0.3 is 15.5 Å². The molecule has 154 valence electrons. The molecule has 1 aliphatic heterocycles. The third kappa shape index (κ3) is 4.96. The standard InChI is InChI=1S/C22H29N5O2/c1-26-20-12-14-27(22(29)23-13-11-16-5-3-2-4-6-16)15-18(20)19(25-26)9-10-21(28)24-17-7-8-17/h2-6,17H,7-15H2,1H3,(H,23,29)(H,24,28). The van der Waals surface area contributed by atoms with E-state index in [1.54, 1.807) is 0 Å². The zero-order chi connectivity index (χ0) is 20.2. The van der Waals surface area contributed by atoms with Crippen LogP contribution in [0.1, 0.15) is 41.8 Å². The molecule has 7 nitrogen and oxygen atoms in total. The molecule has 1 aliphatic carbocycles. The van der Waals surface area contributed by atoms with Crippen molar-refractivity contribution in [1.29, 1.82) is 0 Å². The first-order valence-electron chi connectivity index (χ1n) is 10.5. The number of urea groups is 1. The van der Waals surface area contributed by atoms with Gasteiger partial charge in [-0.15, -0.1) is 0 Å². The van der Waals surface area contributed by atoms with Crippen LogP contribution in [-0.2, 0) is 37.6 Å². The molecule has 1 aromatic carbocycles. The van der Waals surface area contributed by atoms with Gasteiger partial charge in [0, 0.05) is 56.7 Å². The second kappa shape index (κ2) is 8.68. The topological polar surface area (TPSA) is 79.3 Å². The summed E-state index contributed by atoms with van der Waals surface area (Å²) < 4.78 is 1.91. The summed E-state index contributed by atoms with van der Waals surface area (Å²) in [5, 5.41) is 10.7. The molecule has 0 bridgehead atoms. The molecule has 0 unspecified atom stereocenters. The van der Waals surface area contributed by atoms with Crippen molar-refractivity contribution in [2.45, 2.75) is 51.1 Å². The van der Waals surface area contributed by atoms with E-state index in [-0.39, 0.29) is 11.9 Å². The lowest BCUT2D eigenvalue weighted by Gasteiger charge is -2.28. The summed E-state index contributed by atoms with van der Waals surface area (Å²) in [5.41, 5.74) is 4.44. The monoisotopic (exact) mass is 395 g/mol. The summed E-state index contributed by atoms with van der Waals surface area (Å²) in [6, 6.07) is 10.5. The van der Waals surface area contributed by atoms with Gasteiger partial charge >= 0.3 is 6.03 Å². The Morgan fingerprint density at radius 2 is 1.97 bits per heavy atom. The van der Waals surface area contributed by atoms with Crippen LogP contribution in [0.25, 0.3) is 0 Å². The van der Waals surface area contributed by atoms with Gasteiger partial charge in [-0.25, -0.2) is 4.79 Å². The molecule has 0 atom stereocenters. The summed E-state index contributed by atoms with van der Waals surface area (Å²) in [5.74, 6) is 0.0956. The van der Waals surface area contributed by atoms with Gasteiger partial charge in [-0.2, -0.15) is 5.10 Å². The number of carbonyl (C=O) groups excluding carboxylic acids is 2. The summed E-state index contributed by atoms with van der Waals surface area (Å²) in [4.78, 5) is 26.5. The molecule has 7 heteroatoms. The van der Waals surface area contributed by atoms with E-state index in [1.807, 2.05) is 34.8 Å². The van der Waals surface area contributed by atoms with Crippen LogP contribution in [-0.4, -0.2) is 45.8 Å². The second-order valence-electron chi connectivity index (χ2n) is 7.98. The molecule has 2 aliphatic rings. The molecule has 2 heterocycles. The Kier molecular flexibility index (Phi) is 5.83. The number of nitrogens with one attached hydrogen (secondary N) is 2. The summed E-state index contributed by atoms with van der Waals surface area (Å²) in [6.45, 7) is 1.86. The van der Waals surface area contributed by atoms with Gasteiger partial charge in [-0.3, -0.25) is 9.48 Å². The van der Waals surface area contributed by atoms with Crippen LogP contribution in [0, 0.1) is 0 Å². The van der Waals surface area contributed by atoms with Gasteiger partial charge in [0.25, 0.3) is 0 Å². The Morgan fingerprint density at radius 1 is 1.17 bits per heavy atom. The third-order valence-electron chi connectivity index (χ3n) is 5.68. The van der Waals surface area contributed by atoms with Crippen LogP contribution >= 0.6 is 0 Å². The summed E-state index contributed by atoms with van der Waals surface area (Å²) in [6.07, 6.45) is 4.87. The van der Waals surface area contributed by atoms with Crippen LogP contribution in [0.15, 0.2) is 30.3 Å². The number of aromatic nitrogens is 2. The quantitative estimate of drug-likeness (QED) is 0.752. The number of aryl methyl sites for hydroxylation is 2. The van der Waals surface area contributed by atoms with Crippen LogP contribution < -0.4 is 10.6 Å². The summed E-state index contributed by atoms with van der Waals surface area (Å²) in [7, 11) is 1.95. The SMILES string of the molecule is Cn1nc(CCC(=O)NC2CC2)c2c1CCN(C(=O)NCCc1ccccc1)C2. The van der Waals surface area contributed by atoms with Crippen LogP contribution in [0.4, 0.5) is 4.79 Å². The minimum Gasteiger partial charge on any atom is -0.353 e. The fourth-order valence-corrected chi connectivity index (χ4v) is 3.87. The number of rotatable bonds is 7. The zero-order valence-electron chi connectivity index (χ0n) is 17.0. The highest BCUT2D eigenvalue weighted by Crippen LogP contribution is 2.24. The predicted octanol–water partition coefficient (Wildman–Crippen LogP) is 1.94. The summed E-state index contributed by atoms with van der Waals surface area (Å²) >= 11 is 0. The highest BCUT2D eigenvalue weighted by molar-refractivity contribution is 5.77. The number of hydrogen-bond acceptors (Lipinski definition) is 3. The molecule has 29 heavy (non-hydrogen) atoms. The van der Waals surface area contributed by atoms with Crippen molar-refractivity contribution in [1.82, 2.24) is 25.3 Å². The average molecular weight is 396 g/mol. The van der Waals surface area contributed by atoms with Gasteiger partial charge in [0.2, 0.25) is 5.91 Å². The lowest BCUT2D eigenvalue weighted by molar-refractivity contribution is -0.121. The predicted molar refractivity (Wildman–Crippen MR) is 110 cm³/mol. The molecular weight excluding hydrogens is 366 g/mol. The largest absolute Gasteiger partial charge is 0.353 e. The lowest BCUT2D eigenvalue weighted by atomic mass is 10.0. The van der Waals surface area contributed by atoms with Crippen molar-refractivity contribution in [3.8, 4) is 0 Å². The first-order valence-corrected chi connectivity index (χ1v) is 10.5. The molecule has 0 radical (unpaired) electrons. The molecular formula is C22H29N5O2. The Labute approximate surface area is 171 Å². The Bertz CT molecular complexity index is 873. The number of carbonyl (C=O) groups is 2. The maximum Gasteiger partial charge on any atom is 0.317 e. The Balaban J connectivity index is 1.31. The maximum absolute atomic E-state index is 12.6. The Morgan fingerprint density at radius 3 is 2.72 bits per heavy atom. The lowest BCUT2D eigenvalue weighted by Crippen LogP contribution is -2.43. The number of amides is 3. The van der Waals surface area contributed by atoms with Gasteiger partial charge in [0.15, 0.2) is 0 Å².